The minimum Gasteiger partial charge on any atom is -0.545 e. The summed E-state index contributed by atoms with van der Waals surface area (Å²) in [7, 11) is 0. The first-order valence-electron chi connectivity index (χ1n) is 6.23. The van der Waals surface area contributed by atoms with Crippen LogP contribution in [0, 0.1) is 16.0 Å². The molecule has 0 spiro atoms. The maximum atomic E-state index is 11.1. The molecule has 0 atom stereocenters. The molecule has 0 aromatic heterocycles. The molecule has 0 radical (unpaired) electrons. The number of piperidine rings is 1. The number of benzene rings is 1. The van der Waals surface area contributed by atoms with Crippen molar-refractivity contribution < 1.29 is 14.8 Å². The Labute approximate surface area is 110 Å². The predicted octanol–water partition coefficient (Wildman–Crippen LogP) is 1.19. The molecule has 2 rings (SSSR count). The van der Waals surface area contributed by atoms with Crippen LogP contribution in [0.15, 0.2) is 18.2 Å². The van der Waals surface area contributed by atoms with Crippen molar-refractivity contribution >= 4 is 17.3 Å². The number of aromatic carboxylic acids is 1. The molecule has 102 valence electrons. The van der Waals surface area contributed by atoms with E-state index in [0.29, 0.717) is 11.6 Å². The van der Waals surface area contributed by atoms with E-state index in [1.165, 1.54) is 12.1 Å². The molecule has 1 aromatic carbocycles. The molecule has 0 bridgehead atoms. The Morgan fingerprint density at radius 2 is 2.00 bits per heavy atom. The van der Waals surface area contributed by atoms with E-state index in [1.807, 2.05) is 4.90 Å². The van der Waals surface area contributed by atoms with E-state index >= 15 is 0 Å². The fourth-order valence-corrected chi connectivity index (χ4v) is 2.33. The lowest BCUT2D eigenvalue weighted by Gasteiger charge is -2.33. The highest BCUT2D eigenvalue weighted by molar-refractivity contribution is 5.94. The zero-order valence-corrected chi connectivity index (χ0v) is 10.7. The number of carboxylic acid groups (broad SMARTS) is 1. The topological polar surface area (TPSA) is 86.5 Å². The molecule has 1 heterocycles. The van der Waals surface area contributed by atoms with Gasteiger partial charge in [0.15, 0.2) is 0 Å². The van der Waals surface area contributed by atoms with Crippen molar-refractivity contribution in [2.24, 2.45) is 5.92 Å². The second-order valence-corrected chi connectivity index (χ2v) is 4.92. The number of nitrogens with zero attached hydrogens (tertiary/aromatic N) is 2. The summed E-state index contributed by atoms with van der Waals surface area (Å²) < 4.78 is 0. The Kier molecular flexibility index (Phi) is 3.69. The first-order chi connectivity index (χ1) is 8.99. The number of hydrogen-bond acceptors (Lipinski definition) is 5. The normalized spacial score (nSPS) is 16.4. The quantitative estimate of drug-likeness (QED) is 0.604. The highest BCUT2D eigenvalue weighted by Crippen LogP contribution is 2.28. The summed E-state index contributed by atoms with van der Waals surface area (Å²) in [6.45, 7) is 3.69. The van der Waals surface area contributed by atoms with Crippen LogP contribution < -0.4 is 10.0 Å². The van der Waals surface area contributed by atoms with E-state index in [9.17, 15) is 20.0 Å². The summed E-state index contributed by atoms with van der Waals surface area (Å²) >= 11 is 0. The van der Waals surface area contributed by atoms with Gasteiger partial charge in [-0.05, 0) is 24.8 Å². The number of nitro benzene ring substituents is 1. The molecule has 0 N–H and O–H groups in total. The Morgan fingerprint density at radius 3 is 2.53 bits per heavy atom. The van der Waals surface area contributed by atoms with Crippen LogP contribution >= 0.6 is 0 Å². The van der Waals surface area contributed by atoms with E-state index in [0.717, 1.165) is 32.0 Å². The van der Waals surface area contributed by atoms with Gasteiger partial charge in [0, 0.05) is 36.5 Å². The van der Waals surface area contributed by atoms with Crippen LogP contribution in [-0.2, 0) is 0 Å². The number of rotatable bonds is 3. The van der Waals surface area contributed by atoms with Crippen molar-refractivity contribution in [1.29, 1.82) is 0 Å². The number of hydrogen-bond donors (Lipinski definition) is 0. The van der Waals surface area contributed by atoms with Crippen LogP contribution in [-0.4, -0.2) is 24.0 Å². The number of carbonyl (C=O) groups excluding carboxylic acids is 1. The molecule has 6 heteroatoms. The highest BCUT2D eigenvalue weighted by Gasteiger charge is 2.20. The van der Waals surface area contributed by atoms with Gasteiger partial charge < -0.3 is 14.8 Å². The standard InChI is InChI=1S/C13H16N2O4/c1-9-4-6-14(7-5-9)12-3-2-10(15(18)19)8-11(12)13(16)17/h2-3,8-9H,4-7H2,1H3,(H,16,17)/p-1. The summed E-state index contributed by atoms with van der Waals surface area (Å²) in [6.07, 6.45) is 1.98. The SMILES string of the molecule is CC1CCN(c2ccc([N+](=O)[O-])cc2C(=O)[O-])CC1. The molecule has 1 aliphatic rings. The van der Waals surface area contributed by atoms with Gasteiger partial charge >= 0.3 is 0 Å². The minimum atomic E-state index is -1.38. The lowest BCUT2D eigenvalue weighted by atomic mass is 9.98. The molecule has 1 fully saturated rings. The van der Waals surface area contributed by atoms with E-state index in [4.69, 9.17) is 0 Å². The maximum absolute atomic E-state index is 11.1. The summed E-state index contributed by atoms with van der Waals surface area (Å²) in [4.78, 5) is 23.2. The molecular weight excluding hydrogens is 248 g/mol. The zero-order chi connectivity index (χ0) is 14.0. The van der Waals surface area contributed by atoms with Crippen molar-refractivity contribution in [2.45, 2.75) is 19.8 Å². The number of carboxylic acids is 1. The predicted molar refractivity (Wildman–Crippen MR) is 68.0 cm³/mol. The van der Waals surface area contributed by atoms with Gasteiger partial charge in [-0.15, -0.1) is 0 Å². The van der Waals surface area contributed by atoms with Crippen molar-refractivity contribution in [2.75, 3.05) is 18.0 Å². The summed E-state index contributed by atoms with van der Waals surface area (Å²) in [5.41, 5.74) is 0.176. The van der Waals surface area contributed by atoms with Crippen LogP contribution in [0.4, 0.5) is 11.4 Å². The van der Waals surface area contributed by atoms with Crippen molar-refractivity contribution in [1.82, 2.24) is 0 Å². The van der Waals surface area contributed by atoms with Crippen molar-refractivity contribution in [3.63, 3.8) is 0 Å². The highest BCUT2D eigenvalue weighted by atomic mass is 16.6. The Balaban J connectivity index is 2.34. The van der Waals surface area contributed by atoms with E-state index in [2.05, 4.69) is 6.92 Å². The van der Waals surface area contributed by atoms with Gasteiger partial charge in [-0.1, -0.05) is 6.92 Å². The smallest absolute Gasteiger partial charge is 0.270 e. The van der Waals surface area contributed by atoms with E-state index < -0.39 is 10.9 Å². The molecule has 0 unspecified atom stereocenters. The number of non-ortho nitro benzene ring substituents is 1. The molecule has 6 nitrogen and oxygen atoms in total. The summed E-state index contributed by atoms with van der Waals surface area (Å²) in [5, 5.41) is 21.8. The van der Waals surface area contributed by atoms with Crippen LogP contribution in [0.5, 0.6) is 0 Å². The third-order valence-electron chi connectivity index (χ3n) is 3.54. The van der Waals surface area contributed by atoms with Gasteiger partial charge in [0.2, 0.25) is 0 Å². The van der Waals surface area contributed by atoms with Gasteiger partial charge in [-0.2, -0.15) is 0 Å². The Bertz CT molecular complexity index is 507. The Morgan fingerprint density at radius 1 is 1.37 bits per heavy atom. The minimum absolute atomic E-state index is 0.108. The third-order valence-corrected chi connectivity index (χ3v) is 3.54. The molecule has 0 amide bonds. The third kappa shape index (κ3) is 2.83. The first-order valence-corrected chi connectivity index (χ1v) is 6.23. The van der Waals surface area contributed by atoms with E-state index in [1.54, 1.807) is 0 Å². The van der Waals surface area contributed by atoms with Crippen LogP contribution in [0.2, 0.25) is 0 Å². The molecule has 0 saturated carbocycles. The van der Waals surface area contributed by atoms with Gasteiger partial charge in [0.1, 0.15) is 0 Å². The molecule has 19 heavy (non-hydrogen) atoms. The molecule has 0 aliphatic carbocycles. The fourth-order valence-electron chi connectivity index (χ4n) is 2.33. The van der Waals surface area contributed by atoms with Gasteiger partial charge in [0.25, 0.3) is 5.69 Å². The largest absolute Gasteiger partial charge is 0.545 e. The maximum Gasteiger partial charge on any atom is 0.270 e. The van der Waals surface area contributed by atoms with Crippen LogP contribution in [0.3, 0.4) is 0 Å². The van der Waals surface area contributed by atoms with Crippen molar-refractivity contribution in [3.05, 3.63) is 33.9 Å². The van der Waals surface area contributed by atoms with Gasteiger partial charge in [-0.3, -0.25) is 10.1 Å². The second-order valence-electron chi connectivity index (χ2n) is 4.92. The van der Waals surface area contributed by atoms with Crippen LogP contribution in [0.25, 0.3) is 0 Å². The molecular formula is C13H15N2O4-. The number of carbonyl (C=O) groups is 1. The van der Waals surface area contributed by atoms with Gasteiger partial charge in [0.05, 0.1) is 10.9 Å². The Hall–Kier alpha value is -2.11. The molecule has 1 saturated heterocycles. The molecule has 1 aromatic rings. The molecule has 1 aliphatic heterocycles. The summed E-state index contributed by atoms with van der Waals surface area (Å²) in [5.74, 6) is -0.752. The first kappa shape index (κ1) is 13.3. The van der Waals surface area contributed by atoms with Gasteiger partial charge in [-0.25, -0.2) is 0 Å². The average Bonchev–Trinajstić information content (AvgIpc) is 2.38. The number of nitro groups is 1. The van der Waals surface area contributed by atoms with Crippen LogP contribution in [0.1, 0.15) is 30.1 Å². The lowest BCUT2D eigenvalue weighted by Crippen LogP contribution is -2.35. The summed E-state index contributed by atoms with van der Waals surface area (Å²) in [6, 6.07) is 3.90. The zero-order valence-electron chi connectivity index (χ0n) is 10.7. The van der Waals surface area contributed by atoms with Crippen molar-refractivity contribution in [3.8, 4) is 0 Å². The fraction of sp³-hybridized carbons (Fsp3) is 0.462. The lowest BCUT2D eigenvalue weighted by molar-refractivity contribution is -0.385. The monoisotopic (exact) mass is 263 g/mol. The van der Waals surface area contributed by atoms with E-state index in [-0.39, 0.29) is 11.3 Å². The second kappa shape index (κ2) is 5.26. The number of anilines is 1. The average molecular weight is 263 g/mol.